The molecular formula is C30H48N2O6. The van der Waals surface area contributed by atoms with Crippen LogP contribution >= 0.6 is 0 Å². The van der Waals surface area contributed by atoms with Gasteiger partial charge in [-0.2, -0.15) is 0 Å². The van der Waals surface area contributed by atoms with Gasteiger partial charge in [0.15, 0.2) is 0 Å². The molecule has 1 spiro atoms. The van der Waals surface area contributed by atoms with Crippen LogP contribution in [-0.4, -0.2) is 81.8 Å². The number of carbonyl (C=O) groups excluding carboxylic acids is 3. The Kier molecular flexibility index (Phi) is 9.85. The average Bonchev–Trinajstić information content (AvgIpc) is 3.47. The first kappa shape index (κ1) is 30.4. The van der Waals surface area contributed by atoms with E-state index in [1.807, 2.05) is 27.7 Å². The van der Waals surface area contributed by atoms with Crippen molar-refractivity contribution in [3.05, 3.63) is 25.3 Å². The van der Waals surface area contributed by atoms with Crippen molar-refractivity contribution in [3.8, 4) is 0 Å². The van der Waals surface area contributed by atoms with Crippen molar-refractivity contribution in [2.24, 2.45) is 11.8 Å². The number of ether oxygens (including phenoxy) is 2. The zero-order valence-corrected chi connectivity index (χ0v) is 23.9. The Morgan fingerprint density at radius 2 is 1.87 bits per heavy atom. The lowest BCUT2D eigenvalue weighted by Gasteiger charge is -2.42. The molecule has 38 heavy (non-hydrogen) atoms. The van der Waals surface area contributed by atoms with Gasteiger partial charge in [-0.1, -0.05) is 31.9 Å². The number of hydrogen-bond donors (Lipinski definition) is 1. The van der Waals surface area contributed by atoms with Gasteiger partial charge in [0.1, 0.15) is 17.6 Å². The van der Waals surface area contributed by atoms with Gasteiger partial charge in [0.2, 0.25) is 11.8 Å². The molecule has 5 atom stereocenters. The van der Waals surface area contributed by atoms with E-state index in [1.165, 1.54) is 0 Å². The summed E-state index contributed by atoms with van der Waals surface area (Å²) in [6.07, 6.45) is 9.77. The summed E-state index contributed by atoms with van der Waals surface area (Å²) in [5.41, 5.74) is -2.34. The Bertz CT molecular complexity index is 898. The molecule has 1 N–H and O–H groups in total. The van der Waals surface area contributed by atoms with E-state index in [4.69, 9.17) is 14.6 Å². The zero-order chi connectivity index (χ0) is 28.1. The molecule has 2 bridgehead atoms. The molecule has 0 aromatic rings. The molecule has 8 nitrogen and oxygen atoms in total. The van der Waals surface area contributed by atoms with Crippen molar-refractivity contribution in [1.29, 1.82) is 0 Å². The van der Waals surface area contributed by atoms with E-state index in [9.17, 15) is 14.4 Å². The van der Waals surface area contributed by atoms with Gasteiger partial charge in [-0.25, -0.2) is 0 Å². The highest BCUT2D eigenvalue weighted by Crippen LogP contribution is 2.64. The van der Waals surface area contributed by atoms with Gasteiger partial charge in [0.25, 0.3) is 0 Å². The summed E-state index contributed by atoms with van der Waals surface area (Å²) >= 11 is 0. The maximum Gasteiger partial charge on any atom is 0.312 e. The number of hydrogen-bond acceptors (Lipinski definition) is 6. The van der Waals surface area contributed by atoms with Crippen LogP contribution in [0.2, 0.25) is 0 Å². The van der Waals surface area contributed by atoms with Gasteiger partial charge in [0.05, 0.1) is 18.1 Å². The molecule has 0 saturated carbocycles. The Morgan fingerprint density at radius 1 is 1.16 bits per heavy atom. The smallest absolute Gasteiger partial charge is 0.312 e. The van der Waals surface area contributed by atoms with E-state index in [1.54, 1.807) is 22.0 Å². The van der Waals surface area contributed by atoms with Gasteiger partial charge in [-0.05, 0) is 65.7 Å². The summed E-state index contributed by atoms with van der Waals surface area (Å²) in [4.78, 5) is 45.5. The molecule has 3 saturated heterocycles. The minimum Gasteiger partial charge on any atom is -0.465 e. The van der Waals surface area contributed by atoms with Gasteiger partial charge in [-0.15, -0.1) is 13.2 Å². The Balaban J connectivity index is 1.99. The lowest BCUT2D eigenvalue weighted by molar-refractivity contribution is -0.162. The third-order valence-corrected chi connectivity index (χ3v) is 8.66. The minimum atomic E-state index is -1.05. The Labute approximate surface area is 228 Å². The van der Waals surface area contributed by atoms with E-state index in [2.05, 4.69) is 13.2 Å². The number of unbranched alkanes of at least 4 members (excludes halogenated alkanes) is 4. The van der Waals surface area contributed by atoms with Crippen molar-refractivity contribution in [1.82, 2.24) is 9.80 Å². The molecule has 8 heteroatoms. The molecule has 214 valence electrons. The average molecular weight is 533 g/mol. The van der Waals surface area contributed by atoms with Crippen molar-refractivity contribution < 1.29 is 29.0 Å². The molecule has 0 aliphatic carbocycles. The van der Waals surface area contributed by atoms with E-state index in [0.29, 0.717) is 51.6 Å². The number of nitrogens with zero attached hydrogens (tertiary/aromatic N) is 2. The molecule has 3 rings (SSSR count). The second-order valence-corrected chi connectivity index (χ2v) is 12.0. The number of amides is 2. The van der Waals surface area contributed by atoms with Gasteiger partial charge in [-0.3, -0.25) is 14.4 Å². The number of esters is 1. The molecule has 3 aliphatic rings. The lowest BCUT2D eigenvalue weighted by atomic mass is 9.65. The van der Waals surface area contributed by atoms with Crippen LogP contribution in [0.5, 0.6) is 0 Å². The summed E-state index contributed by atoms with van der Waals surface area (Å²) in [5.74, 6) is -2.20. The van der Waals surface area contributed by atoms with Crippen molar-refractivity contribution in [2.75, 3.05) is 26.3 Å². The standard InChI is InChI=1S/C30H48N2O6/c1-7-10-15-21-37-27(36)23-22-25(34)31(19-13-11-12-14-20-33)24(26(35)32(18-8-2)28(4,5)6)30(22)17-16-29(23,9-3)38-30/h7-8,22-24,33H,1-2,9-21H2,3-6H3/t22-,23-,24?,29+,30?/m0/s1. The second-order valence-electron chi connectivity index (χ2n) is 12.0. The monoisotopic (exact) mass is 532 g/mol. The number of aliphatic hydroxyl groups excluding tert-OH is 1. The fourth-order valence-corrected chi connectivity index (χ4v) is 6.81. The third kappa shape index (κ3) is 5.44. The molecule has 0 aromatic carbocycles. The van der Waals surface area contributed by atoms with Gasteiger partial charge < -0.3 is 24.4 Å². The van der Waals surface area contributed by atoms with Crippen LogP contribution in [-0.2, 0) is 23.9 Å². The highest BCUT2D eigenvalue weighted by atomic mass is 16.6. The largest absolute Gasteiger partial charge is 0.465 e. The number of fused-ring (bicyclic) bond motifs is 1. The van der Waals surface area contributed by atoms with Crippen LogP contribution in [0.3, 0.4) is 0 Å². The predicted molar refractivity (Wildman–Crippen MR) is 146 cm³/mol. The fraction of sp³-hybridized carbons (Fsp3) is 0.767. The maximum atomic E-state index is 14.4. The first-order valence-electron chi connectivity index (χ1n) is 14.4. The summed E-state index contributed by atoms with van der Waals surface area (Å²) in [5, 5.41) is 9.13. The molecule has 2 unspecified atom stereocenters. The summed E-state index contributed by atoms with van der Waals surface area (Å²) in [6, 6.07) is -0.802. The summed E-state index contributed by atoms with van der Waals surface area (Å²) < 4.78 is 12.5. The zero-order valence-electron chi connectivity index (χ0n) is 23.9. The van der Waals surface area contributed by atoms with Crippen LogP contribution < -0.4 is 0 Å². The quantitative estimate of drug-likeness (QED) is 0.194. The molecule has 2 amide bonds. The molecule has 0 aromatic heterocycles. The fourth-order valence-electron chi connectivity index (χ4n) is 6.81. The Hall–Kier alpha value is -2.19. The normalized spacial score (nSPS) is 29.9. The van der Waals surface area contributed by atoms with Crippen molar-refractivity contribution >= 4 is 17.8 Å². The first-order valence-corrected chi connectivity index (χ1v) is 14.4. The van der Waals surface area contributed by atoms with Crippen LogP contribution in [0.25, 0.3) is 0 Å². The van der Waals surface area contributed by atoms with Crippen molar-refractivity contribution in [3.63, 3.8) is 0 Å². The number of rotatable bonds is 15. The van der Waals surface area contributed by atoms with Gasteiger partial charge >= 0.3 is 5.97 Å². The van der Waals surface area contributed by atoms with E-state index >= 15 is 0 Å². The SMILES string of the molecule is C=CCCCOC(=O)[C@@H]1[C@H]2C(=O)N(CCCCCCO)C(C(=O)N(CC=C)C(C)(C)C)C23CC[C@@]1(CC)O3. The van der Waals surface area contributed by atoms with Crippen LogP contribution in [0, 0.1) is 11.8 Å². The minimum absolute atomic E-state index is 0.139. The van der Waals surface area contributed by atoms with Gasteiger partial charge in [0, 0.05) is 25.2 Å². The first-order chi connectivity index (χ1) is 18.0. The summed E-state index contributed by atoms with van der Waals surface area (Å²) in [7, 11) is 0. The lowest BCUT2D eigenvalue weighted by Crippen LogP contribution is -2.60. The molecule has 3 fully saturated rings. The van der Waals surface area contributed by atoms with E-state index < -0.39 is 40.6 Å². The molecular weight excluding hydrogens is 484 g/mol. The maximum absolute atomic E-state index is 14.4. The van der Waals surface area contributed by atoms with Crippen LogP contribution in [0.4, 0.5) is 0 Å². The van der Waals surface area contributed by atoms with Crippen molar-refractivity contribution in [2.45, 2.75) is 108 Å². The topological polar surface area (TPSA) is 96.4 Å². The highest BCUT2D eigenvalue weighted by molar-refractivity contribution is 5.98. The van der Waals surface area contributed by atoms with Crippen LogP contribution in [0.15, 0.2) is 25.3 Å². The molecule has 0 radical (unpaired) electrons. The number of likely N-dealkylation sites (tertiary alicyclic amines) is 1. The molecule has 3 heterocycles. The number of carbonyl (C=O) groups is 3. The van der Waals surface area contributed by atoms with E-state index in [-0.39, 0.29) is 25.0 Å². The molecule has 3 aliphatic heterocycles. The third-order valence-electron chi connectivity index (χ3n) is 8.66. The Morgan fingerprint density at radius 3 is 2.47 bits per heavy atom. The predicted octanol–water partition coefficient (Wildman–Crippen LogP) is 4.02. The number of allylic oxidation sites excluding steroid dienone is 1. The van der Waals surface area contributed by atoms with E-state index in [0.717, 1.165) is 19.3 Å². The summed E-state index contributed by atoms with van der Waals surface area (Å²) in [6.45, 7) is 16.7. The number of aliphatic hydroxyl groups is 1. The van der Waals surface area contributed by atoms with Crippen LogP contribution in [0.1, 0.15) is 85.5 Å². The second kappa shape index (κ2) is 12.3. The highest BCUT2D eigenvalue weighted by Gasteiger charge is 2.79.